The maximum absolute atomic E-state index is 2.19. The lowest BCUT2D eigenvalue weighted by Gasteiger charge is -2.05. The zero-order valence-corrected chi connectivity index (χ0v) is 15.4. The van der Waals surface area contributed by atoms with Crippen LogP contribution in [0.5, 0.6) is 0 Å². The molecule has 0 unspecified atom stereocenters. The monoisotopic (exact) mass is 288 g/mol. The molecule has 0 bridgehead atoms. The van der Waals surface area contributed by atoms with E-state index in [1.165, 1.54) is 0 Å². The molecule has 0 saturated heterocycles. The molecule has 0 aliphatic carbocycles. The second-order valence-corrected chi connectivity index (χ2v) is 5.31. The molecule has 0 aromatic heterocycles. The maximum atomic E-state index is 2.19. The number of benzene rings is 2. The van der Waals surface area contributed by atoms with Gasteiger partial charge < -0.3 is 0 Å². The van der Waals surface area contributed by atoms with E-state index in [1.807, 2.05) is 100 Å². The molecule has 120 valence electrons. The van der Waals surface area contributed by atoms with Gasteiger partial charge in [0.1, 0.15) is 0 Å². The van der Waals surface area contributed by atoms with Crippen molar-refractivity contribution < 1.29 is 0 Å². The Morgan fingerprint density at radius 1 is 0.333 bits per heavy atom. The van der Waals surface area contributed by atoms with E-state index in [-0.39, 0.29) is 0 Å². The number of hydrogen-bond donors (Lipinski definition) is 0. The highest BCUT2D eigenvalue weighted by Gasteiger charge is 1.95. The average molecular weight is 289 g/mol. The van der Waals surface area contributed by atoms with Crippen LogP contribution < -0.4 is 0 Å². The Bertz CT molecular complexity index is 239. The van der Waals surface area contributed by atoms with Crippen LogP contribution in [0.15, 0.2) is 72.8 Å². The van der Waals surface area contributed by atoms with Crippen molar-refractivity contribution in [3.8, 4) is 0 Å². The molecule has 0 nitrogen and oxygen atoms in total. The molecule has 0 N–H and O–H groups in total. The minimum Gasteiger partial charge on any atom is -0.0683 e. The minimum absolute atomic E-state index is 0.500. The van der Waals surface area contributed by atoms with Crippen molar-refractivity contribution >= 4 is 0 Å². The van der Waals surface area contributed by atoms with Crippen LogP contribution in [0.25, 0.3) is 0 Å². The highest BCUT2D eigenvalue weighted by molar-refractivity contribution is 4.99. The van der Waals surface area contributed by atoms with E-state index in [4.69, 9.17) is 0 Å². The van der Waals surface area contributed by atoms with Crippen molar-refractivity contribution in [1.82, 2.24) is 0 Å². The van der Waals surface area contributed by atoms with Crippen LogP contribution in [0.2, 0.25) is 0 Å². The summed E-state index contributed by atoms with van der Waals surface area (Å²) in [7, 11) is 0. The third-order valence-corrected chi connectivity index (χ3v) is 1.33. The summed E-state index contributed by atoms with van der Waals surface area (Å²) in [6.45, 7) is 16.8. The molecule has 0 atom stereocenters. The lowest BCUT2D eigenvalue weighted by Crippen LogP contribution is -1.93. The standard InChI is InChI=1S/2C6H6.C5H12.2C2H6/c2*1-2-4-6-5-3-1;1-5(2,3)4;2*1-2/h2*1-6H;1-4H3;2*1-2H3. The van der Waals surface area contributed by atoms with E-state index in [9.17, 15) is 0 Å². The van der Waals surface area contributed by atoms with Crippen LogP contribution in [0, 0.1) is 5.41 Å². The topological polar surface area (TPSA) is 0 Å². The van der Waals surface area contributed by atoms with Crippen LogP contribution >= 0.6 is 0 Å². The summed E-state index contributed by atoms with van der Waals surface area (Å²) in [5.41, 5.74) is 0.500. The molecule has 0 aliphatic heterocycles. The zero-order valence-electron chi connectivity index (χ0n) is 15.4. The zero-order chi connectivity index (χ0) is 17.0. The highest BCUT2D eigenvalue weighted by atomic mass is 14.0. The summed E-state index contributed by atoms with van der Waals surface area (Å²) in [6.07, 6.45) is 0. The molecular formula is C21H36. The van der Waals surface area contributed by atoms with E-state index >= 15 is 0 Å². The van der Waals surface area contributed by atoms with Crippen molar-refractivity contribution in [2.24, 2.45) is 5.41 Å². The van der Waals surface area contributed by atoms with Crippen LogP contribution in [-0.4, -0.2) is 0 Å². The van der Waals surface area contributed by atoms with E-state index < -0.39 is 0 Å². The van der Waals surface area contributed by atoms with Crippen LogP contribution in [-0.2, 0) is 0 Å². The lowest BCUT2D eigenvalue weighted by atomic mass is 10.0. The molecule has 21 heavy (non-hydrogen) atoms. The van der Waals surface area contributed by atoms with Crippen molar-refractivity contribution in [2.45, 2.75) is 55.4 Å². The van der Waals surface area contributed by atoms with Gasteiger partial charge in [0.2, 0.25) is 0 Å². The third-order valence-electron chi connectivity index (χ3n) is 1.33. The maximum Gasteiger partial charge on any atom is -0.0411 e. The fourth-order valence-corrected chi connectivity index (χ4v) is 0.770. The second-order valence-electron chi connectivity index (χ2n) is 5.31. The molecule has 0 radical (unpaired) electrons. The molecule has 2 aromatic rings. The first-order chi connectivity index (χ1) is 10.0. The van der Waals surface area contributed by atoms with Crippen LogP contribution in [0.1, 0.15) is 55.4 Å². The largest absolute Gasteiger partial charge is 0.0683 e. The average Bonchev–Trinajstić information content (AvgIpc) is 2.54. The molecular weight excluding hydrogens is 252 g/mol. The first-order valence-electron chi connectivity index (χ1n) is 8.00. The van der Waals surface area contributed by atoms with Gasteiger partial charge >= 0.3 is 0 Å². The summed E-state index contributed by atoms with van der Waals surface area (Å²) in [5.74, 6) is 0. The smallest absolute Gasteiger partial charge is 0.0411 e. The van der Waals surface area contributed by atoms with E-state index in [0.717, 1.165) is 0 Å². The molecule has 0 amide bonds. The van der Waals surface area contributed by atoms with Gasteiger partial charge in [-0.2, -0.15) is 0 Å². The quantitative estimate of drug-likeness (QED) is 0.471. The Kier molecular flexibility index (Phi) is 24.2. The third kappa shape index (κ3) is 45.7. The van der Waals surface area contributed by atoms with Gasteiger partial charge in [0, 0.05) is 0 Å². The molecule has 0 fully saturated rings. The summed E-state index contributed by atoms with van der Waals surface area (Å²) in [4.78, 5) is 0. The summed E-state index contributed by atoms with van der Waals surface area (Å²) < 4.78 is 0. The Hall–Kier alpha value is -1.56. The predicted molar refractivity (Wildman–Crippen MR) is 101 cm³/mol. The van der Waals surface area contributed by atoms with Gasteiger partial charge in [-0.1, -0.05) is 128 Å². The molecule has 0 heteroatoms. The van der Waals surface area contributed by atoms with Crippen molar-refractivity contribution in [3.05, 3.63) is 72.8 Å². The van der Waals surface area contributed by atoms with Gasteiger partial charge in [-0.25, -0.2) is 0 Å². The van der Waals surface area contributed by atoms with Crippen LogP contribution in [0.3, 0.4) is 0 Å². The molecule has 2 aromatic carbocycles. The van der Waals surface area contributed by atoms with Gasteiger partial charge in [0.15, 0.2) is 0 Å². The summed E-state index contributed by atoms with van der Waals surface area (Å²) >= 11 is 0. The van der Waals surface area contributed by atoms with Gasteiger partial charge in [-0.15, -0.1) is 0 Å². The summed E-state index contributed by atoms with van der Waals surface area (Å²) in [6, 6.07) is 24.0. The molecule has 0 aliphatic rings. The Morgan fingerprint density at radius 3 is 0.429 bits per heavy atom. The van der Waals surface area contributed by atoms with Crippen LogP contribution in [0.4, 0.5) is 0 Å². The van der Waals surface area contributed by atoms with Crippen molar-refractivity contribution in [1.29, 1.82) is 0 Å². The van der Waals surface area contributed by atoms with E-state index in [0.29, 0.717) is 5.41 Å². The molecule has 0 saturated carbocycles. The first-order valence-corrected chi connectivity index (χ1v) is 8.00. The molecule has 2 rings (SSSR count). The van der Waals surface area contributed by atoms with Gasteiger partial charge in [0.05, 0.1) is 0 Å². The normalized spacial score (nSPS) is 8.00. The highest BCUT2D eigenvalue weighted by Crippen LogP contribution is 2.08. The Balaban J connectivity index is -0.000000208. The van der Waals surface area contributed by atoms with Crippen molar-refractivity contribution in [2.75, 3.05) is 0 Å². The molecule has 0 heterocycles. The second kappa shape index (κ2) is 20.8. The Labute approximate surface area is 134 Å². The van der Waals surface area contributed by atoms with Gasteiger partial charge in [-0.05, 0) is 5.41 Å². The lowest BCUT2D eigenvalue weighted by molar-refractivity contribution is 0.469. The number of rotatable bonds is 0. The predicted octanol–water partition coefficient (Wildman–Crippen LogP) is 7.48. The fourth-order valence-electron chi connectivity index (χ4n) is 0.770. The minimum atomic E-state index is 0.500. The fraction of sp³-hybridized carbons (Fsp3) is 0.429. The van der Waals surface area contributed by atoms with E-state index in [2.05, 4.69) is 27.7 Å². The first kappa shape index (κ1) is 24.5. The van der Waals surface area contributed by atoms with Gasteiger partial charge in [-0.3, -0.25) is 0 Å². The van der Waals surface area contributed by atoms with Crippen molar-refractivity contribution in [3.63, 3.8) is 0 Å². The SMILES string of the molecule is CC.CC.CC(C)(C)C.c1ccccc1.c1ccccc1. The number of hydrogen-bond acceptors (Lipinski definition) is 0. The Morgan fingerprint density at radius 2 is 0.381 bits per heavy atom. The molecule has 0 spiro atoms. The van der Waals surface area contributed by atoms with Gasteiger partial charge in [0.25, 0.3) is 0 Å². The summed E-state index contributed by atoms with van der Waals surface area (Å²) in [5, 5.41) is 0. The van der Waals surface area contributed by atoms with E-state index in [1.54, 1.807) is 0 Å².